The van der Waals surface area contributed by atoms with Crippen LogP contribution in [0.3, 0.4) is 0 Å². The molecule has 0 saturated heterocycles. The number of nitrogen functional groups attached to an aromatic ring is 1. The summed E-state index contributed by atoms with van der Waals surface area (Å²) >= 11 is 0. The minimum atomic E-state index is -0.151. The Morgan fingerprint density at radius 2 is 1.67 bits per heavy atom. The lowest BCUT2D eigenvalue weighted by Gasteiger charge is -2.08. The van der Waals surface area contributed by atoms with Crippen molar-refractivity contribution in [1.29, 1.82) is 0 Å². The number of pyridine rings is 1. The van der Waals surface area contributed by atoms with Crippen molar-refractivity contribution in [2.75, 3.05) is 45.4 Å². The molecule has 0 aliphatic rings. The summed E-state index contributed by atoms with van der Waals surface area (Å²) in [6, 6.07) is 1.46. The van der Waals surface area contributed by atoms with Crippen molar-refractivity contribution in [3.05, 3.63) is 28.7 Å². The molecule has 21 heavy (non-hydrogen) atoms. The van der Waals surface area contributed by atoms with E-state index in [1.54, 1.807) is 12.4 Å². The van der Waals surface area contributed by atoms with Gasteiger partial charge < -0.3 is 24.5 Å². The molecule has 0 aliphatic heterocycles. The number of ether oxygens (including phenoxy) is 3. The van der Waals surface area contributed by atoms with E-state index in [4.69, 9.17) is 19.9 Å². The molecule has 6 nitrogen and oxygen atoms in total. The second-order valence-corrected chi connectivity index (χ2v) is 4.69. The zero-order valence-corrected chi connectivity index (χ0v) is 12.8. The third-order valence-electron chi connectivity index (χ3n) is 2.89. The molecule has 0 atom stereocenters. The molecule has 0 aliphatic carbocycles. The average Bonchev–Trinajstić information content (AvgIpc) is 2.48. The van der Waals surface area contributed by atoms with E-state index in [2.05, 4.69) is 6.92 Å². The number of nitrogens with zero attached hydrogens (tertiary/aromatic N) is 1. The highest BCUT2D eigenvalue weighted by Gasteiger charge is 1.96. The summed E-state index contributed by atoms with van der Waals surface area (Å²) in [5.74, 6) is 0. The molecule has 0 amide bonds. The first-order chi connectivity index (χ1) is 10.2. The molecule has 0 spiro atoms. The maximum Gasteiger partial charge on any atom is 0.204 e. The molecule has 1 rings (SSSR count). The topological polar surface area (TPSA) is 75.7 Å². The summed E-state index contributed by atoms with van der Waals surface area (Å²) in [4.78, 5) is 11.1. The number of aromatic nitrogens is 1. The van der Waals surface area contributed by atoms with E-state index in [1.807, 2.05) is 4.57 Å². The third-order valence-corrected chi connectivity index (χ3v) is 2.89. The van der Waals surface area contributed by atoms with Gasteiger partial charge in [0.1, 0.15) is 0 Å². The van der Waals surface area contributed by atoms with E-state index in [9.17, 15) is 4.79 Å². The highest BCUT2D eigenvalue weighted by molar-refractivity contribution is 5.33. The lowest BCUT2D eigenvalue weighted by molar-refractivity contribution is 0.0127. The zero-order chi connectivity index (χ0) is 15.3. The Bertz CT molecular complexity index is 434. The lowest BCUT2D eigenvalue weighted by atomic mass is 10.4. The number of hydrogen-bond donors (Lipinski definition) is 1. The Morgan fingerprint density at radius 1 is 1.05 bits per heavy atom. The molecular weight excluding hydrogens is 272 g/mol. The molecule has 0 saturated carbocycles. The van der Waals surface area contributed by atoms with Gasteiger partial charge in [-0.05, 0) is 6.42 Å². The molecule has 6 heteroatoms. The highest BCUT2D eigenvalue weighted by atomic mass is 16.5. The van der Waals surface area contributed by atoms with Gasteiger partial charge in [-0.15, -0.1) is 0 Å². The fraction of sp³-hybridized carbons (Fsp3) is 0.667. The van der Waals surface area contributed by atoms with Crippen LogP contribution in [0.4, 0.5) is 5.69 Å². The Morgan fingerprint density at radius 3 is 2.29 bits per heavy atom. The Balaban J connectivity index is 1.93. The molecule has 2 N–H and O–H groups in total. The van der Waals surface area contributed by atoms with Crippen molar-refractivity contribution >= 4 is 5.69 Å². The Labute approximate surface area is 125 Å². The minimum absolute atomic E-state index is 0.151. The van der Waals surface area contributed by atoms with Crippen molar-refractivity contribution in [3.8, 4) is 0 Å². The smallest absolute Gasteiger partial charge is 0.204 e. The molecule has 0 radical (unpaired) electrons. The first kappa shape index (κ1) is 17.7. The van der Waals surface area contributed by atoms with Crippen LogP contribution in [0.2, 0.25) is 0 Å². The highest BCUT2D eigenvalue weighted by Crippen LogP contribution is 1.93. The van der Waals surface area contributed by atoms with Crippen molar-refractivity contribution < 1.29 is 14.2 Å². The quantitative estimate of drug-likeness (QED) is 0.588. The number of anilines is 1. The summed E-state index contributed by atoms with van der Waals surface area (Å²) in [5.41, 5.74) is 5.65. The van der Waals surface area contributed by atoms with Crippen molar-refractivity contribution in [3.63, 3.8) is 0 Å². The van der Waals surface area contributed by atoms with Crippen LogP contribution in [0.1, 0.15) is 19.8 Å². The van der Waals surface area contributed by atoms with E-state index in [-0.39, 0.29) is 11.1 Å². The van der Waals surface area contributed by atoms with Gasteiger partial charge in [0.15, 0.2) is 0 Å². The van der Waals surface area contributed by atoms with Gasteiger partial charge in [-0.1, -0.05) is 13.3 Å². The van der Waals surface area contributed by atoms with Gasteiger partial charge in [0, 0.05) is 31.6 Å². The summed E-state index contributed by atoms with van der Waals surface area (Å²) in [6.45, 7) is 6.50. The summed E-state index contributed by atoms with van der Waals surface area (Å²) in [7, 11) is 0. The largest absolute Gasteiger partial charge is 0.394 e. The predicted molar refractivity (Wildman–Crippen MR) is 82.5 cm³/mol. The fourth-order valence-electron chi connectivity index (χ4n) is 1.64. The second-order valence-electron chi connectivity index (χ2n) is 4.69. The van der Waals surface area contributed by atoms with Gasteiger partial charge in [0.25, 0.3) is 0 Å². The normalized spacial score (nSPS) is 10.9. The summed E-state index contributed by atoms with van der Waals surface area (Å²) < 4.78 is 18.0. The second kappa shape index (κ2) is 11.3. The zero-order valence-electron chi connectivity index (χ0n) is 12.8. The lowest BCUT2D eigenvalue weighted by Crippen LogP contribution is -2.14. The molecule has 120 valence electrons. The molecule has 0 bridgehead atoms. The first-order valence-electron chi connectivity index (χ1n) is 7.43. The van der Waals surface area contributed by atoms with Gasteiger partial charge in [-0.25, -0.2) is 0 Å². The van der Waals surface area contributed by atoms with Gasteiger partial charge in [0.2, 0.25) is 5.43 Å². The standard InChI is InChI=1S/C15H26N2O4/c1-2-3-7-19-9-11-21-12-10-20-8-6-17-5-4-15(18)14(16)13-17/h4-5,13H,2-3,6-12,16H2,1H3. The summed E-state index contributed by atoms with van der Waals surface area (Å²) in [6.07, 6.45) is 5.57. The monoisotopic (exact) mass is 298 g/mol. The molecule has 0 aromatic carbocycles. The number of hydrogen-bond acceptors (Lipinski definition) is 5. The van der Waals surface area contributed by atoms with E-state index in [0.717, 1.165) is 19.4 Å². The van der Waals surface area contributed by atoms with Crippen LogP contribution >= 0.6 is 0 Å². The van der Waals surface area contributed by atoms with Gasteiger partial charge >= 0.3 is 0 Å². The number of unbranched alkanes of at least 4 members (excludes halogenated alkanes) is 1. The SMILES string of the molecule is CCCCOCCOCCOCCn1ccc(=O)c(N)c1. The molecule has 1 aromatic heterocycles. The van der Waals surface area contributed by atoms with Gasteiger partial charge in [-0.3, -0.25) is 4.79 Å². The summed E-state index contributed by atoms with van der Waals surface area (Å²) in [5, 5.41) is 0. The third kappa shape index (κ3) is 8.49. The van der Waals surface area contributed by atoms with Crippen LogP contribution in [0.25, 0.3) is 0 Å². The van der Waals surface area contributed by atoms with Crippen LogP contribution in [0.5, 0.6) is 0 Å². The first-order valence-corrected chi connectivity index (χ1v) is 7.43. The van der Waals surface area contributed by atoms with Crippen LogP contribution in [0, 0.1) is 0 Å². The van der Waals surface area contributed by atoms with E-state index in [0.29, 0.717) is 39.6 Å². The van der Waals surface area contributed by atoms with Crippen LogP contribution < -0.4 is 11.2 Å². The average molecular weight is 298 g/mol. The van der Waals surface area contributed by atoms with Crippen molar-refractivity contribution in [2.45, 2.75) is 26.3 Å². The number of nitrogens with two attached hydrogens (primary N) is 1. The molecule has 0 unspecified atom stereocenters. The maximum absolute atomic E-state index is 11.1. The predicted octanol–water partition coefficient (Wildman–Crippen LogP) is 1.28. The Kier molecular flexibility index (Phi) is 9.52. The molecular formula is C15H26N2O4. The van der Waals surface area contributed by atoms with E-state index < -0.39 is 0 Å². The van der Waals surface area contributed by atoms with Crippen molar-refractivity contribution in [2.24, 2.45) is 0 Å². The van der Waals surface area contributed by atoms with E-state index in [1.165, 1.54) is 6.07 Å². The van der Waals surface area contributed by atoms with Gasteiger partial charge in [-0.2, -0.15) is 0 Å². The minimum Gasteiger partial charge on any atom is -0.394 e. The molecule has 0 fully saturated rings. The molecule has 1 aromatic rings. The van der Waals surface area contributed by atoms with Crippen molar-refractivity contribution in [1.82, 2.24) is 4.57 Å². The van der Waals surface area contributed by atoms with Gasteiger partial charge in [0.05, 0.1) is 38.7 Å². The Hall–Kier alpha value is -1.37. The molecule has 1 heterocycles. The fourth-order valence-corrected chi connectivity index (χ4v) is 1.64. The maximum atomic E-state index is 11.1. The van der Waals surface area contributed by atoms with Crippen LogP contribution in [-0.2, 0) is 20.8 Å². The number of rotatable bonds is 12. The van der Waals surface area contributed by atoms with E-state index >= 15 is 0 Å². The van der Waals surface area contributed by atoms with Crippen LogP contribution in [-0.4, -0.2) is 44.2 Å². The van der Waals surface area contributed by atoms with Crippen LogP contribution in [0.15, 0.2) is 23.3 Å².